The molecule has 1 aliphatic rings. The van der Waals surface area contributed by atoms with Gasteiger partial charge in [0.05, 0.1) is 0 Å². The lowest BCUT2D eigenvalue weighted by atomic mass is 9.86. The zero-order valence-electron chi connectivity index (χ0n) is 13.1. The Balaban J connectivity index is 2.44. The molecule has 3 N–H and O–H groups in total. The van der Waals surface area contributed by atoms with Crippen LogP contribution in [0.4, 0.5) is 0 Å². The number of hydrogen-bond donors (Lipinski definition) is 2. The van der Waals surface area contributed by atoms with Gasteiger partial charge in [0.15, 0.2) is 9.84 Å². The van der Waals surface area contributed by atoms with Crippen molar-refractivity contribution in [3.05, 3.63) is 0 Å². The Morgan fingerprint density at radius 1 is 1.48 bits per heavy atom. The number of nitrogens with zero attached hydrogens (tertiary/aromatic N) is 2. The minimum atomic E-state index is -3.03. The number of rotatable bonds is 7. The molecule has 1 heterocycles. The highest BCUT2D eigenvalue weighted by atomic mass is 32.2. The summed E-state index contributed by atoms with van der Waals surface area (Å²) in [5.74, 6) is 1.89. The zero-order chi connectivity index (χ0) is 16.1. The van der Waals surface area contributed by atoms with Gasteiger partial charge in [0.1, 0.15) is 11.2 Å². The van der Waals surface area contributed by atoms with E-state index < -0.39 is 9.84 Å². The first kappa shape index (κ1) is 18.6. The van der Waals surface area contributed by atoms with Crippen molar-refractivity contribution >= 4 is 27.4 Å². The van der Waals surface area contributed by atoms with E-state index in [1.54, 1.807) is 11.8 Å². The predicted octanol–water partition coefficient (Wildman–Crippen LogP) is 1.35. The Hall–Kier alpha value is -0.470. The number of sulfone groups is 1. The summed E-state index contributed by atoms with van der Waals surface area (Å²) in [6.45, 7) is 5.49. The molecule has 1 saturated heterocycles. The van der Waals surface area contributed by atoms with E-state index in [0.717, 1.165) is 38.1 Å². The third-order valence-electron chi connectivity index (χ3n) is 3.98. The molecule has 0 amide bonds. The lowest BCUT2D eigenvalue weighted by Gasteiger charge is -2.34. The van der Waals surface area contributed by atoms with Gasteiger partial charge in [-0.15, -0.1) is 0 Å². The SMILES string of the molecule is CC(C)(CCCCN1CCSCC1S(C)(=O)=O)C(N)=NO. The van der Waals surface area contributed by atoms with E-state index in [4.69, 9.17) is 10.9 Å². The number of amidine groups is 1. The molecule has 0 spiro atoms. The average molecular weight is 338 g/mol. The van der Waals surface area contributed by atoms with Crippen molar-refractivity contribution in [3.8, 4) is 0 Å². The number of hydrogen-bond acceptors (Lipinski definition) is 6. The molecule has 21 heavy (non-hydrogen) atoms. The fraction of sp³-hybridized carbons (Fsp3) is 0.923. The van der Waals surface area contributed by atoms with Gasteiger partial charge >= 0.3 is 0 Å². The Morgan fingerprint density at radius 3 is 2.71 bits per heavy atom. The van der Waals surface area contributed by atoms with Crippen LogP contribution >= 0.6 is 11.8 Å². The fourth-order valence-corrected chi connectivity index (χ4v) is 5.38. The molecule has 124 valence electrons. The molecule has 0 saturated carbocycles. The van der Waals surface area contributed by atoms with Crippen LogP contribution in [0.1, 0.15) is 33.1 Å². The summed E-state index contributed by atoms with van der Waals surface area (Å²) in [5, 5.41) is 11.5. The molecular formula is C13H27N3O3S2. The van der Waals surface area contributed by atoms with Crippen molar-refractivity contribution < 1.29 is 13.6 Å². The monoisotopic (exact) mass is 337 g/mol. The van der Waals surface area contributed by atoms with Crippen molar-refractivity contribution in [1.29, 1.82) is 0 Å². The summed E-state index contributed by atoms with van der Waals surface area (Å²) >= 11 is 1.70. The first-order chi connectivity index (χ1) is 9.68. The van der Waals surface area contributed by atoms with E-state index in [-0.39, 0.29) is 16.6 Å². The number of unbranched alkanes of at least 4 members (excludes halogenated alkanes) is 1. The van der Waals surface area contributed by atoms with Crippen molar-refractivity contribution in [2.75, 3.05) is 30.9 Å². The highest BCUT2D eigenvalue weighted by Crippen LogP contribution is 2.25. The molecule has 0 aromatic carbocycles. The molecule has 6 nitrogen and oxygen atoms in total. The molecule has 0 aliphatic carbocycles. The molecule has 0 bridgehead atoms. The average Bonchev–Trinajstić information content (AvgIpc) is 2.42. The van der Waals surface area contributed by atoms with Gasteiger partial charge in [-0.25, -0.2) is 8.42 Å². The Morgan fingerprint density at radius 2 is 2.14 bits per heavy atom. The van der Waals surface area contributed by atoms with Crippen LogP contribution in [0, 0.1) is 5.41 Å². The molecule has 1 rings (SSSR count). The lowest BCUT2D eigenvalue weighted by Crippen LogP contribution is -2.47. The van der Waals surface area contributed by atoms with Crippen LogP contribution in [-0.4, -0.2) is 60.6 Å². The summed E-state index contributed by atoms with van der Waals surface area (Å²) in [6, 6.07) is 0. The van der Waals surface area contributed by atoms with E-state index >= 15 is 0 Å². The third kappa shape index (κ3) is 5.67. The molecule has 1 aliphatic heterocycles. The molecule has 1 atom stereocenters. The number of nitrogens with two attached hydrogens (primary N) is 1. The molecule has 1 fully saturated rings. The highest BCUT2D eigenvalue weighted by molar-refractivity contribution is 8.00. The van der Waals surface area contributed by atoms with E-state index in [9.17, 15) is 8.42 Å². The summed E-state index contributed by atoms with van der Waals surface area (Å²) < 4.78 is 23.6. The van der Waals surface area contributed by atoms with E-state index in [1.807, 2.05) is 13.8 Å². The Bertz CT molecular complexity index is 463. The Labute approximate surface area is 132 Å². The van der Waals surface area contributed by atoms with Crippen molar-refractivity contribution in [2.24, 2.45) is 16.3 Å². The van der Waals surface area contributed by atoms with Gasteiger partial charge in [0.2, 0.25) is 0 Å². The van der Waals surface area contributed by atoms with Crippen LogP contribution < -0.4 is 5.73 Å². The van der Waals surface area contributed by atoms with Crippen LogP contribution in [0.15, 0.2) is 5.16 Å². The van der Waals surface area contributed by atoms with Gasteiger partial charge in [-0.2, -0.15) is 11.8 Å². The van der Waals surface area contributed by atoms with Crippen LogP contribution in [0.25, 0.3) is 0 Å². The fourth-order valence-electron chi connectivity index (χ4n) is 2.41. The van der Waals surface area contributed by atoms with Crippen LogP contribution in [-0.2, 0) is 9.84 Å². The predicted molar refractivity (Wildman–Crippen MR) is 88.6 cm³/mol. The maximum atomic E-state index is 11.8. The minimum Gasteiger partial charge on any atom is -0.409 e. The normalized spacial score (nSPS) is 22.4. The standard InChI is InChI=1S/C13H27N3O3S2/c1-13(2,12(14)15-17)6-4-5-7-16-8-9-20-10-11(16)21(3,18)19/h11,17H,4-10H2,1-3H3,(H2,14,15). The molecular weight excluding hydrogens is 310 g/mol. The second-order valence-corrected chi connectivity index (χ2v) is 9.57. The van der Waals surface area contributed by atoms with Crippen molar-refractivity contribution in [3.63, 3.8) is 0 Å². The second kappa shape index (κ2) is 7.69. The van der Waals surface area contributed by atoms with Gasteiger partial charge in [-0.3, -0.25) is 4.90 Å². The van der Waals surface area contributed by atoms with Crippen molar-refractivity contribution in [1.82, 2.24) is 4.90 Å². The summed E-state index contributed by atoms with van der Waals surface area (Å²) in [6.07, 6.45) is 3.97. The van der Waals surface area contributed by atoms with E-state index in [1.165, 1.54) is 6.26 Å². The first-order valence-electron chi connectivity index (χ1n) is 7.17. The first-order valence-corrected chi connectivity index (χ1v) is 10.3. The van der Waals surface area contributed by atoms with Crippen LogP contribution in [0.2, 0.25) is 0 Å². The van der Waals surface area contributed by atoms with Gasteiger partial charge in [0.25, 0.3) is 0 Å². The maximum Gasteiger partial charge on any atom is 0.164 e. The zero-order valence-corrected chi connectivity index (χ0v) is 14.7. The summed E-state index contributed by atoms with van der Waals surface area (Å²) in [4.78, 5) is 2.07. The molecule has 8 heteroatoms. The van der Waals surface area contributed by atoms with Gasteiger partial charge in [-0.05, 0) is 19.4 Å². The van der Waals surface area contributed by atoms with Crippen LogP contribution in [0.3, 0.4) is 0 Å². The van der Waals surface area contributed by atoms with Crippen molar-refractivity contribution in [2.45, 2.75) is 38.5 Å². The topological polar surface area (TPSA) is 96.0 Å². The largest absolute Gasteiger partial charge is 0.409 e. The summed E-state index contributed by atoms with van der Waals surface area (Å²) in [5.41, 5.74) is 5.33. The highest BCUT2D eigenvalue weighted by Gasteiger charge is 2.30. The lowest BCUT2D eigenvalue weighted by molar-refractivity contribution is 0.258. The maximum absolute atomic E-state index is 11.8. The van der Waals surface area contributed by atoms with E-state index in [2.05, 4.69) is 10.1 Å². The van der Waals surface area contributed by atoms with Crippen LogP contribution in [0.5, 0.6) is 0 Å². The third-order valence-corrected chi connectivity index (χ3v) is 6.67. The molecule has 0 radical (unpaired) electrons. The number of oxime groups is 1. The Kier molecular flexibility index (Phi) is 6.80. The number of thioether (sulfide) groups is 1. The van der Waals surface area contributed by atoms with Gasteiger partial charge in [0, 0.05) is 29.7 Å². The minimum absolute atomic E-state index is 0.242. The molecule has 0 aromatic rings. The molecule has 0 aromatic heterocycles. The quantitative estimate of drug-likeness (QED) is 0.239. The molecule has 1 unspecified atom stereocenters. The summed E-state index contributed by atoms with van der Waals surface area (Å²) in [7, 11) is -3.03. The second-order valence-electron chi connectivity index (χ2n) is 6.22. The van der Waals surface area contributed by atoms with Gasteiger partial charge in [-0.1, -0.05) is 25.4 Å². The van der Waals surface area contributed by atoms with E-state index in [0.29, 0.717) is 5.75 Å². The van der Waals surface area contributed by atoms with Gasteiger partial charge < -0.3 is 10.9 Å². The smallest absolute Gasteiger partial charge is 0.164 e.